The quantitative estimate of drug-likeness (QED) is 0.484. The van der Waals surface area contributed by atoms with Gasteiger partial charge in [-0.3, -0.25) is 19.2 Å². The molecule has 0 aromatic heterocycles. The van der Waals surface area contributed by atoms with Crippen molar-refractivity contribution in [1.29, 1.82) is 0 Å². The SMILES string of the molecule is CC(=O)N1CC[C@H]2CC[C@@H](C(=O)N3CCc4ccccc4C3)N2C(=O)[C@@H](NC(=O)c2ccc3ccc(C(C)(F)F)cc3c2)C1. The van der Waals surface area contributed by atoms with Crippen molar-refractivity contribution in [1.82, 2.24) is 20.0 Å². The number of benzene rings is 3. The molecule has 0 unspecified atom stereocenters. The lowest BCUT2D eigenvalue weighted by molar-refractivity contribution is -0.149. The first-order valence-electron chi connectivity index (χ1n) is 15.2. The summed E-state index contributed by atoms with van der Waals surface area (Å²) in [7, 11) is 0. The first-order valence-corrected chi connectivity index (χ1v) is 15.2. The zero-order chi connectivity index (χ0) is 31.2. The van der Waals surface area contributed by atoms with Gasteiger partial charge in [-0.2, -0.15) is 0 Å². The van der Waals surface area contributed by atoms with Gasteiger partial charge >= 0.3 is 0 Å². The van der Waals surface area contributed by atoms with Gasteiger partial charge in [-0.25, -0.2) is 8.78 Å². The van der Waals surface area contributed by atoms with E-state index in [4.69, 9.17) is 0 Å². The fraction of sp³-hybridized carbons (Fsp3) is 0.412. The first kappa shape index (κ1) is 29.7. The lowest BCUT2D eigenvalue weighted by Gasteiger charge is -2.40. The minimum atomic E-state index is -3.04. The highest BCUT2D eigenvalue weighted by Gasteiger charge is 2.46. The smallest absolute Gasteiger partial charge is 0.270 e. The highest BCUT2D eigenvalue weighted by Crippen LogP contribution is 2.33. The molecule has 3 aromatic rings. The summed E-state index contributed by atoms with van der Waals surface area (Å²) >= 11 is 0. The van der Waals surface area contributed by atoms with Crippen LogP contribution in [-0.4, -0.2) is 76.1 Å². The Labute approximate surface area is 255 Å². The minimum Gasteiger partial charge on any atom is -0.340 e. The first-order chi connectivity index (χ1) is 21.0. The predicted molar refractivity (Wildman–Crippen MR) is 161 cm³/mol. The summed E-state index contributed by atoms with van der Waals surface area (Å²) in [6.07, 6.45) is 2.45. The third kappa shape index (κ3) is 5.77. The lowest BCUT2D eigenvalue weighted by atomic mass is 9.99. The molecule has 2 saturated heterocycles. The van der Waals surface area contributed by atoms with Gasteiger partial charge in [0.05, 0.1) is 0 Å². The van der Waals surface area contributed by atoms with Gasteiger partial charge in [-0.1, -0.05) is 42.5 Å². The molecule has 0 spiro atoms. The van der Waals surface area contributed by atoms with Crippen LogP contribution in [0.5, 0.6) is 0 Å². The number of hydrogen-bond donors (Lipinski definition) is 1. The Bertz CT molecular complexity index is 1640. The van der Waals surface area contributed by atoms with Crippen LogP contribution in [0.3, 0.4) is 0 Å². The number of nitrogens with one attached hydrogen (secondary N) is 1. The highest BCUT2D eigenvalue weighted by molar-refractivity contribution is 6.01. The average Bonchev–Trinajstić information content (AvgIpc) is 3.42. The predicted octanol–water partition coefficient (Wildman–Crippen LogP) is 4.25. The molecule has 4 amide bonds. The Hall–Kier alpha value is -4.34. The van der Waals surface area contributed by atoms with Gasteiger partial charge in [0.1, 0.15) is 12.1 Å². The van der Waals surface area contributed by atoms with Crippen molar-refractivity contribution in [3.05, 3.63) is 82.9 Å². The number of alkyl halides is 2. The van der Waals surface area contributed by atoms with E-state index in [-0.39, 0.29) is 35.5 Å². The number of fused-ring (bicyclic) bond motifs is 3. The van der Waals surface area contributed by atoms with Crippen LogP contribution in [-0.2, 0) is 33.3 Å². The molecule has 3 atom stereocenters. The van der Waals surface area contributed by atoms with Crippen molar-refractivity contribution < 1.29 is 28.0 Å². The molecule has 3 aliphatic heterocycles. The van der Waals surface area contributed by atoms with E-state index in [0.717, 1.165) is 18.9 Å². The zero-order valence-corrected chi connectivity index (χ0v) is 24.9. The Morgan fingerprint density at radius 2 is 1.64 bits per heavy atom. The average molecular weight is 603 g/mol. The second-order valence-electron chi connectivity index (χ2n) is 12.2. The van der Waals surface area contributed by atoms with Gasteiger partial charge in [0.15, 0.2) is 0 Å². The molecule has 0 bridgehead atoms. The summed E-state index contributed by atoms with van der Waals surface area (Å²) in [5.41, 5.74) is 2.37. The molecule has 0 aliphatic carbocycles. The lowest BCUT2D eigenvalue weighted by Crippen LogP contribution is -2.61. The van der Waals surface area contributed by atoms with Crippen molar-refractivity contribution in [2.75, 3.05) is 19.6 Å². The molecule has 6 rings (SSSR count). The van der Waals surface area contributed by atoms with Crippen LogP contribution in [0.4, 0.5) is 8.78 Å². The van der Waals surface area contributed by atoms with E-state index in [1.54, 1.807) is 28.0 Å². The van der Waals surface area contributed by atoms with Gasteiger partial charge in [0.2, 0.25) is 17.7 Å². The van der Waals surface area contributed by atoms with Crippen LogP contribution in [0, 0.1) is 0 Å². The molecule has 1 N–H and O–H groups in total. The van der Waals surface area contributed by atoms with Crippen molar-refractivity contribution in [2.45, 2.75) is 70.1 Å². The summed E-state index contributed by atoms with van der Waals surface area (Å²) in [6.45, 7) is 3.69. The standard InChI is InChI=1S/C34H36F2N4O4/c1-21(41)38-16-14-28-11-12-30(33(44)39-15-13-22-5-3-4-6-25(22)19-39)40(28)32(43)29(20-38)37-31(42)24-8-7-23-9-10-27(34(2,35)36)18-26(23)17-24/h3-10,17-18,28-30H,11-16,19-20H2,1-2H3,(H,37,42)/t28-,29+,30+/m1/s1. The molecule has 230 valence electrons. The van der Waals surface area contributed by atoms with E-state index in [1.807, 2.05) is 23.1 Å². The minimum absolute atomic E-state index is 0.0269. The van der Waals surface area contributed by atoms with E-state index in [0.29, 0.717) is 49.7 Å². The number of carbonyl (C=O) groups excluding carboxylic acids is 4. The van der Waals surface area contributed by atoms with Crippen molar-refractivity contribution >= 4 is 34.4 Å². The molecule has 44 heavy (non-hydrogen) atoms. The maximum atomic E-state index is 14.2. The number of halogens is 2. The van der Waals surface area contributed by atoms with Crippen LogP contribution < -0.4 is 5.32 Å². The van der Waals surface area contributed by atoms with Crippen LogP contribution in [0.2, 0.25) is 0 Å². The van der Waals surface area contributed by atoms with Crippen LogP contribution >= 0.6 is 0 Å². The second-order valence-corrected chi connectivity index (χ2v) is 12.2. The fourth-order valence-corrected chi connectivity index (χ4v) is 6.81. The van der Waals surface area contributed by atoms with Gasteiger partial charge in [0.25, 0.3) is 11.8 Å². The molecular formula is C34H36F2N4O4. The molecule has 2 fully saturated rings. The van der Waals surface area contributed by atoms with Crippen LogP contribution in [0.15, 0.2) is 60.7 Å². The monoisotopic (exact) mass is 602 g/mol. The van der Waals surface area contributed by atoms with Crippen molar-refractivity contribution in [2.24, 2.45) is 0 Å². The summed E-state index contributed by atoms with van der Waals surface area (Å²) in [6, 6.07) is 15.2. The Balaban J connectivity index is 1.25. The molecule has 3 aliphatic rings. The molecule has 3 aromatic carbocycles. The molecule has 0 saturated carbocycles. The van der Waals surface area contributed by atoms with Gasteiger partial charge in [-0.15, -0.1) is 0 Å². The molecule has 8 nitrogen and oxygen atoms in total. The maximum Gasteiger partial charge on any atom is 0.270 e. The molecule has 0 radical (unpaired) electrons. The van der Waals surface area contributed by atoms with E-state index < -0.39 is 29.8 Å². The van der Waals surface area contributed by atoms with E-state index in [2.05, 4.69) is 11.4 Å². The summed E-state index contributed by atoms with van der Waals surface area (Å²) in [5, 5.41) is 3.98. The zero-order valence-electron chi connectivity index (χ0n) is 24.9. The second kappa shape index (κ2) is 11.6. The van der Waals surface area contributed by atoms with Gasteiger partial charge < -0.3 is 20.0 Å². The Kier molecular flexibility index (Phi) is 7.86. The molecule has 10 heteroatoms. The number of amides is 4. The normalized spacial score (nSPS) is 22.2. The number of hydrogen-bond acceptors (Lipinski definition) is 4. The molecular weight excluding hydrogens is 566 g/mol. The fourth-order valence-electron chi connectivity index (χ4n) is 6.81. The van der Waals surface area contributed by atoms with Crippen LogP contribution in [0.1, 0.15) is 60.2 Å². The topological polar surface area (TPSA) is 90.0 Å². The van der Waals surface area contributed by atoms with E-state index in [1.165, 1.54) is 30.7 Å². The number of carbonyl (C=O) groups is 4. The van der Waals surface area contributed by atoms with Crippen molar-refractivity contribution in [3.63, 3.8) is 0 Å². The highest BCUT2D eigenvalue weighted by atomic mass is 19.3. The number of rotatable bonds is 4. The van der Waals surface area contributed by atoms with Gasteiger partial charge in [0, 0.05) is 57.2 Å². The largest absolute Gasteiger partial charge is 0.340 e. The summed E-state index contributed by atoms with van der Waals surface area (Å²) in [5.74, 6) is -4.29. The Morgan fingerprint density at radius 3 is 2.39 bits per heavy atom. The third-order valence-electron chi connectivity index (χ3n) is 9.28. The summed E-state index contributed by atoms with van der Waals surface area (Å²) in [4.78, 5) is 59.1. The number of nitrogens with zero attached hydrogens (tertiary/aromatic N) is 3. The maximum absolute atomic E-state index is 14.2. The van der Waals surface area contributed by atoms with Gasteiger partial charge in [-0.05, 0) is 65.8 Å². The molecule has 3 heterocycles. The van der Waals surface area contributed by atoms with Crippen LogP contribution in [0.25, 0.3) is 10.8 Å². The Morgan fingerprint density at radius 1 is 0.886 bits per heavy atom. The van der Waals surface area contributed by atoms with E-state index >= 15 is 0 Å². The summed E-state index contributed by atoms with van der Waals surface area (Å²) < 4.78 is 27.9. The van der Waals surface area contributed by atoms with E-state index in [9.17, 15) is 28.0 Å². The van der Waals surface area contributed by atoms with Crippen molar-refractivity contribution in [3.8, 4) is 0 Å². The third-order valence-corrected chi connectivity index (χ3v) is 9.28.